The lowest BCUT2D eigenvalue weighted by Crippen LogP contribution is -2.48. The highest BCUT2D eigenvalue weighted by molar-refractivity contribution is 6.34. The van der Waals surface area contributed by atoms with Gasteiger partial charge in [-0.15, -0.1) is 0 Å². The Labute approximate surface area is 155 Å². The van der Waals surface area contributed by atoms with Gasteiger partial charge in [0.15, 0.2) is 0 Å². The Morgan fingerprint density at radius 3 is 2.15 bits per heavy atom. The highest BCUT2D eigenvalue weighted by atomic mass is 16.2. The van der Waals surface area contributed by atoms with E-state index in [2.05, 4.69) is 0 Å². The van der Waals surface area contributed by atoms with E-state index < -0.39 is 0 Å². The molecule has 146 valence electrons. The van der Waals surface area contributed by atoms with Gasteiger partial charge in [0, 0.05) is 45.2 Å². The van der Waals surface area contributed by atoms with Crippen molar-refractivity contribution in [1.29, 1.82) is 0 Å². The Kier molecular flexibility index (Phi) is 6.51. The smallest absolute Gasteiger partial charge is 0.312 e. The van der Waals surface area contributed by atoms with Crippen molar-refractivity contribution >= 4 is 17.7 Å². The Bertz CT molecular complexity index is 531. The first kappa shape index (κ1) is 19.1. The van der Waals surface area contributed by atoms with Crippen LogP contribution in [0.3, 0.4) is 0 Å². The van der Waals surface area contributed by atoms with E-state index in [0.29, 0.717) is 45.1 Å². The minimum atomic E-state index is -0.365. The van der Waals surface area contributed by atoms with E-state index in [4.69, 9.17) is 5.73 Å². The van der Waals surface area contributed by atoms with Gasteiger partial charge in [-0.05, 0) is 57.4 Å². The minimum Gasteiger partial charge on any atom is -0.340 e. The lowest BCUT2D eigenvalue weighted by atomic mass is 9.93. The van der Waals surface area contributed by atoms with Gasteiger partial charge in [-0.25, -0.2) is 0 Å². The van der Waals surface area contributed by atoms with Gasteiger partial charge in [0.05, 0.1) is 0 Å². The van der Waals surface area contributed by atoms with E-state index in [1.54, 1.807) is 9.80 Å². The highest BCUT2D eigenvalue weighted by Gasteiger charge is 2.33. The van der Waals surface area contributed by atoms with Crippen molar-refractivity contribution in [2.24, 2.45) is 11.7 Å². The van der Waals surface area contributed by atoms with Gasteiger partial charge in [0.2, 0.25) is 5.91 Å². The normalized spacial score (nSPS) is 25.5. The molecule has 3 amide bonds. The maximum Gasteiger partial charge on any atom is 0.312 e. The van der Waals surface area contributed by atoms with Crippen LogP contribution in [0.15, 0.2) is 0 Å². The fourth-order valence-electron chi connectivity index (χ4n) is 4.58. The van der Waals surface area contributed by atoms with Gasteiger partial charge in [-0.2, -0.15) is 0 Å². The van der Waals surface area contributed by atoms with Crippen molar-refractivity contribution in [3.63, 3.8) is 0 Å². The molecule has 3 rings (SSSR count). The summed E-state index contributed by atoms with van der Waals surface area (Å²) >= 11 is 0. The summed E-state index contributed by atoms with van der Waals surface area (Å²) in [6.07, 6.45) is 7.03. The molecule has 0 bridgehead atoms. The van der Waals surface area contributed by atoms with Gasteiger partial charge < -0.3 is 20.4 Å². The van der Waals surface area contributed by atoms with Crippen LogP contribution in [0.5, 0.6) is 0 Å². The molecule has 3 aliphatic rings. The van der Waals surface area contributed by atoms with Crippen LogP contribution >= 0.6 is 0 Å². The van der Waals surface area contributed by atoms with Gasteiger partial charge in [-0.1, -0.05) is 0 Å². The number of nitrogens with zero attached hydrogens (tertiary/aromatic N) is 3. The van der Waals surface area contributed by atoms with Crippen LogP contribution in [0, 0.1) is 5.92 Å². The van der Waals surface area contributed by atoms with Crippen LogP contribution in [-0.2, 0) is 14.4 Å². The van der Waals surface area contributed by atoms with Crippen LogP contribution in [0.1, 0.15) is 51.4 Å². The molecule has 26 heavy (non-hydrogen) atoms. The predicted molar refractivity (Wildman–Crippen MR) is 98.1 cm³/mol. The molecular weight excluding hydrogens is 332 g/mol. The third-order valence-corrected chi connectivity index (χ3v) is 6.20. The van der Waals surface area contributed by atoms with Crippen molar-refractivity contribution in [3.8, 4) is 0 Å². The van der Waals surface area contributed by atoms with E-state index in [1.165, 1.54) is 0 Å². The lowest BCUT2D eigenvalue weighted by Gasteiger charge is -2.33. The fourth-order valence-corrected chi connectivity index (χ4v) is 4.58. The third-order valence-electron chi connectivity index (χ3n) is 6.20. The van der Waals surface area contributed by atoms with E-state index in [1.807, 2.05) is 4.90 Å². The van der Waals surface area contributed by atoms with Crippen molar-refractivity contribution < 1.29 is 14.4 Å². The van der Waals surface area contributed by atoms with Crippen LogP contribution in [0.2, 0.25) is 0 Å². The molecule has 0 spiro atoms. The van der Waals surface area contributed by atoms with Crippen molar-refractivity contribution in [1.82, 2.24) is 14.7 Å². The summed E-state index contributed by atoms with van der Waals surface area (Å²) in [6.45, 7) is 4.04. The third kappa shape index (κ3) is 4.37. The minimum absolute atomic E-state index is 0.227. The van der Waals surface area contributed by atoms with Gasteiger partial charge >= 0.3 is 11.8 Å². The van der Waals surface area contributed by atoms with Crippen LogP contribution in [0.4, 0.5) is 0 Å². The summed E-state index contributed by atoms with van der Waals surface area (Å²) in [4.78, 5) is 42.7. The predicted octanol–water partition coefficient (Wildman–Crippen LogP) is 0.577. The summed E-state index contributed by atoms with van der Waals surface area (Å²) in [5.74, 6) is 0.102. The van der Waals surface area contributed by atoms with Crippen LogP contribution in [-0.4, -0.2) is 77.7 Å². The second-order valence-corrected chi connectivity index (χ2v) is 7.88. The fraction of sp³-hybridized carbons (Fsp3) is 0.842. The van der Waals surface area contributed by atoms with E-state index >= 15 is 0 Å². The number of hydrogen-bond donors (Lipinski definition) is 1. The van der Waals surface area contributed by atoms with Crippen molar-refractivity contribution in [2.75, 3.05) is 39.3 Å². The number of carbonyl (C=O) groups excluding carboxylic acids is 3. The van der Waals surface area contributed by atoms with Crippen molar-refractivity contribution in [2.45, 2.75) is 57.4 Å². The summed E-state index contributed by atoms with van der Waals surface area (Å²) < 4.78 is 0. The molecule has 1 unspecified atom stereocenters. The van der Waals surface area contributed by atoms with E-state index in [0.717, 1.165) is 51.5 Å². The zero-order chi connectivity index (χ0) is 18.5. The number of amides is 3. The molecule has 3 heterocycles. The second kappa shape index (κ2) is 8.84. The average Bonchev–Trinajstić information content (AvgIpc) is 2.93. The molecule has 0 aromatic rings. The molecule has 0 aromatic carbocycles. The molecule has 3 aliphatic heterocycles. The first-order valence-corrected chi connectivity index (χ1v) is 10.2. The molecule has 1 atom stereocenters. The van der Waals surface area contributed by atoms with Gasteiger partial charge in [0.1, 0.15) is 0 Å². The van der Waals surface area contributed by atoms with Crippen LogP contribution in [0.25, 0.3) is 0 Å². The van der Waals surface area contributed by atoms with Gasteiger partial charge in [0.25, 0.3) is 0 Å². The molecule has 3 saturated heterocycles. The highest BCUT2D eigenvalue weighted by Crippen LogP contribution is 2.23. The average molecular weight is 364 g/mol. The Hall–Kier alpha value is -1.63. The maximum atomic E-state index is 12.7. The number of nitrogens with two attached hydrogens (primary N) is 1. The van der Waals surface area contributed by atoms with E-state index in [9.17, 15) is 14.4 Å². The molecule has 0 aromatic heterocycles. The SMILES string of the molecule is NCCC1CCN(C(=O)C(=O)N2CCCC(N3CCCC3=O)CC2)CC1. The number of hydrogen-bond acceptors (Lipinski definition) is 4. The summed E-state index contributed by atoms with van der Waals surface area (Å²) in [6, 6.07) is 0.227. The molecule has 7 heteroatoms. The second-order valence-electron chi connectivity index (χ2n) is 7.88. The number of rotatable bonds is 3. The Morgan fingerprint density at radius 2 is 1.54 bits per heavy atom. The summed E-state index contributed by atoms with van der Waals surface area (Å²) in [5.41, 5.74) is 5.61. The van der Waals surface area contributed by atoms with Crippen LogP contribution < -0.4 is 5.73 Å². The Balaban J connectivity index is 1.50. The first-order valence-electron chi connectivity index (χ1n) is 10.2. The largest absolute Gasteiger partial charge is 0.340 e. The molecule has 7 nitrogen and oxygen atoms in total. The zero-order valence-electron chi connectivity index (χ0n) is 15.7. The van der Waals surface area contributed by atoms with E-state index in [-0.39, 0.29) is 23.8 Å². The summed E-state index contributed by atoms with van der Waals surface area (Å²) in [5, 5.41) is 0. The molecule has 0 saturated carbocycles. The molecule has 2 N–H and O–H groups in total. The number of carbonyl (C=O) groups is 3. The molecule has 0 radical (unpaired) electrons. The summed E-state index contributed by atoms with van der Waals surface area (Å²) in [7, 11) is 0. The lowest BCUT2D eigenvalue weighted by molar-refractivity contribution is -0.152. The Morgan fingerprint density at radius 1 is 0.885 bits per heavy atom. The van der Waals surface area contributed by atoms with Crippen molar-refractivity contribution in [3.05, 3.63) is 0 Å². The molecular formula is C19H32N4O3. The molecule has 0 aliphatic carbocycles. The topological polar surface area (TPSA) is 86.9 Å². The number of piperidine rings is 1. The maximum absolute atomic E-state index is 12.7. The quantitative estimate of drug-likeness (QED) is 0.742. The van der Waals surface area contributed by atoms with Gasteiger partial charge in [-0.3, -0.25) is 14.4 Å². The molecule has 3 fully saturated rings. The number of likely N-dealkylation sites (tertiary alicyclic amines) is 3. The monoisotopic (exact) mass is 364 g/mol. The zero-order valence-corrected chi connectivity index (χ0v) is 15.7. The standard InChI is InChI=1S/C19H32N4O3/c20-9-5-15-6-12-22(13-7-15)19(26)18(25)21-10-1-3-16(8-14-21)23-11-2-4-17(23)24/h15-16H,1-14,20H2. The first-order chi connectivity index (χ1) is 12.6.